The maximum atomic E-state index is 12.7. The van der Waals surface area contributed by atoms with Gasteiger partial charge in [0.2, 0.25) is 0 Å². The van der Waals surface area contributed by atoms with Crippen molar-refractivity contribution in [2.45, 2.75) is 37.3 Å². The van der Waals surface area contributed by atoms with E-state index in [4.69, 9.17) is 4.74 Å². The summed E-state index contributed by atoms with van der Waals surface area (Å²) in [6.45, 7) is 6.96. The van der Waals surface area contributed by atoms with Crippen molar-refractivity contribution < 1.29 is 13.2 Å². The van der Waals surface area contributed by atoms with Gasteiger partial charge in [-0.3, -0.25) is 10.1 Å². The van der Waals surface area contributed by atoms with Crippen LogP contribution in [0.3, 0.4) is 0 Å². The normalized spacial score (nSPS) is 11.8. The highest BCUT2D eigenvalue weighted by atomic mass is 32.2. The van der Waals surface area contributed by atoms with Gasteiger partial charge in [0.25, 0.3) is 0 Å². The lowest BCUT2D eigenvalue weighted by molar-refractivity contribution is 0.415. The van der Waals surface area contributed by atoms with Gasteiger partial charge in [0.1, 0.15) is 5.75 Å². The van der Waals surface area contributed by atoms with Crippen LogP contribution in [0.1, 0.15) is 26.3 Å². The highest BCUT2D eigenvalue weighted by Crippen LogP contribution is 2.32. The van der Waals surface area contributed by atoms with Crippen molar-refractivity contribution >= 4 is 37.3 Å². The van der Waals surface area contributed by atoms with Gasteiger partial charge in [0.15, 0.2) is 9.84 Å². The maximum absolute atomic E-state index is 12.7. The molecule has 4 aromatic rings. The molecule has 2 N–H and O–H groups in total. The second kappa shape index (κ2) is 8.55. The number of ether oxygens (including phenoxy) is 1. The average molecular weight is 441 g/mol. The third kappa shape index (κ3) is 4.49. The lowest BCUT2D eigenvalue weighted by Crippen LogP contribution is -2.28. The molecule has 2 aromatic carbocycles. The van der Waals surface area contributed by atoms with Gasteiger partial charge < -0.3 is 10.1 Å². The van der Waals surface area contributed by atoms with Crippen LogP contribution >= 0.6 is 0 Å². The van der Waals surface area contributed by atoms with Crippen molar-refractivity contribution in [2.75, 3.05) is 19.5 Å². The summed E-state index contributed by atoms with van der Waals surface area (Å²) in [4.78, 5) is 4.68. The first-order chi connectivity index (χ1) is 14.6. The molecule has 0 saturated carbocycles. The predicted octanol–water partition coefficient (Wildman–Crippen LogP) is 4.73. The summed E-state index contributed by atoms with van der Waals surface area (Å²) in [5, 5.41) is 11.7. The summed E-state index contributed by atoms with van der Waals surface area (Å²) in [5.74, 6) is 0.860. The molecule has 8 heteroatoms. The Kier molecular flexibility index (Phi) is 6.22. The van der Waals surface area contributed by atoms with E-state index in [0.29, 0.717) is 4.90 Å². The monoisotopic (exact) mass is 440 g/mol. The third-order valence-corrected chi connectivity index (χ3v) is 7.68. The molecule has 0 aliphatic rings. The number of rotatable bonds is 3. The van der Waals surface area contributed by atoms with E-state index in [1.807, 2.05) is 44.3 Å². The smallest absolute Gasteiger partial charge is 0.183 e. The molecule has 0 radical (unpaired) electrons. The molecule has 0 saturated heterocycles. The van der Waals surface area contributed by atoms with Crippen molar-refractivity contribution in [3.8, 4) is 5.75 Å². The van der Waals surface area contributed by atoms with Crippen molar-refractivity contribution in [1.29, 1.82) is 0 Å². The number of aromatic amines is 1. The van der Waals surface area contributed by atoms with Crippen LogP contribution in [0.2, 0.25) is 0 Å². The zero-order valence-corrected chi connectivity index (χ0v) is 19.5. The Morgan fingerprint density at radius 3 is 2.48 bits per heavy atom. The first-order valence-corrected chi connectivity index (χ1v) is 11.4. The van der Waals surface area contributed by atoms with Crippen molar-refractivity contribution in [2.24, 2.45) is 0 Å². The number of sulfone groups is 1. The number of aromatic nitrogens is 3. The van der Waals surface area contributed by atoms with Crippen LogP contribution in [0.5, 0.6) is 5.75 Å². The third-order valence-electron chi connectivity index (χ3n) is 5.05. The second-order valence-electron chi connectivity index (χ2n) is 8.18. The van der Waals surface area contributed by atoms with Gasteiger partial charge in [-0.05, 0) is 69.7 Å². The first-order valence-electron chi connectivity index (χ1n) is 9.87. The Bertz CT molecular complexity index is 1320. The lowest BCUT2D eigenvalue weighted by Gasteiger charge is -2.21. The number of hydrogen-bond donors (Lipinski definition) is 2. The van der Waals surface area contributed by atoms with Gasteiger partial charge in [-0.1, -0.05) is 0 Å². The van der Waals surface area contributed by atoms with E-state index in [9.17, 15) is 8.42 Å². The average Bonchev–Trinajstić information content (AvgIpc) is 3.20. The largest absolute Gasteiger partial charge is 0.497 e. The number of fused-ring (bicyclic) bond motifs is 2. The summed E-state index contributed by atoms with van der Waals surface area (Å²) in [6, 6.07) is 11.2. The maximum Gasteiger partial charge on any atom is 0.183 e. The van der Waals surface area contributed by atoms with E-state index in [1.54, 1.807) is 46.3 Å². The van der Waals surface area contributed by atoms with Crippen LogP contribution in [0.15, 0.2) is 53.7 Å². The molecule has 0 aliphatic carbocycles. The highest BCUT2D eigenvalue weighted by molar-refractivity contribution is 7.92. The fourth-order valence-corrected chi connectivity index (χ4v) is 4.58. The molecule has 0 atom stereocenters. The molecule has 4 rings (SSSR count). The summed E-state index contributed by atoms with van der Waals surface area (Å²) in [5.41, 5.74) is 3.43. The molecule has 0 amide bonds. The Labute approximate surface area is 182 Å². The minimum atomic E-state index is -3.38. The zero-order chi connectivity index (χ0) is 22.8. The summed E-state index contributed by atoms with van der Waals surface area (Å²) in [6.07, 6.45) is 3.49. The van der Waals surface area contributed by atoms with Crippen molar-refractivity contribution in [3.63, 3.8) is 0 Å². The van der Waals surface area contributed by atoms with Crippen LogP contribution in [0, 0.1) is 6.92 Å². The second-order valence-corrected chi connectivity index (χ2v) is 10.9. The van der Waals surface area contributed by atoms with E-state index in [-0.39, 0.29) is 0 Å². The number of aryl methyl sites for hydroxylation is 1. The molecule has 0 aliphatic heterocycles. The quantitative estimate of drug-likeness (QED) is 0.478. The van der Waals surface area contributed by atoms with Gasteiger partial charge >= 0.3 is 0 Å². The van der Waals surface area contributed by atoms with Gasteiger partial charge in [-0.15, -0.1) is 0 Å². The molecular formula is C23H28N4O3S. The molecule has 7 nitrogen and oxygen atoms in total. The molecule has 164 valence electrons. The van der Waals surface area contributed by atoms with Gasteiger partial charge in [-0.25, -0.2) is 8.42 Å². The Morgan fingerprint density at radius 1 is 1.10 bits per heavy atom. The number of anilines is 1. The Morgan fingerprint density at radius 2 is 1.84 bits per heavy atom. The molecule has 0 fully saturated rings. The number of methoxy groups -OCH3 is 1. The topological polar surface area (TPSA) is 97.0 Å². The van der Waals surface area contributed by atoms with Crippen LogP contribution < -0.4 is 10.1 Å². The first kappa shape index (κ1) is 22.6. The summed E-state index contributed by atoms with van der Waals surface area (Å²) < 4.78 is 29.6. The van der Waals surface area contributed by atoms with Crippen LogP contribution in [0.4, 0.5) is 5.69 Å². The van der Waals surface area contributed by atoms with Gasteiger partial charge in [0, 0.05) is 29.7 Å². The number of H-pyrrole nitrogens is 1. The minimum Gasteiger partial charge on any atom is -0.497 e. The molecule has 2 heterocycles. The SMILES string of the molecule is CNc1ccnc2cc(C)c(S(=O)(=O)C(C)(C)C)cc12.COc1ccc2[nH]ncc2c1. The number of hydrogen-bond acceptors (Lipinski definition) is 6. The minimum absolute atomic E-state index is 0.377. The summed E-state index contributed by atoms with van der Waals surface area (Å²) >= 11 is 0. The van der Waals surface area contributed by atoms with E-state index in [2.05, 4.69) is 20.5 Å². The Balaban J connectivity index is 0.000000207. The zero-order valence-electron chi connectivity index (χ0n) is 18.6. The van der Waals surface area contributed by atoms with Crippen LogP contribution in [-0.4, -0.2) is 42.5 Å². The van der Waals surface area contributed by atoms with Crippen molar-refractivity contribution in [3.05, 3.63) is 54.4 Å². The standard InChI is InChI=1S/C15H20N2O2S.C8H8N2O/c1-10-8-13-11(12(16-5)6-7-17-13)9-14(10)20(18,19)15(2,3)4;1-11-7-2-3-8-6(4-7)5-9-10-8/h6-9H,1-5H3,(H,16,17);2-5H,1H3,(H,9,10). The molecule has 0 spiro atoms. The van der Waals surface area contributed by atoms with E-state index < -0.39 is 14.6 Å². The highest BCUT2D eigenvalue weighted by Gasteiger charge is 2.32. The van der Waals surface area contributed by atoms with E-state index >= 15 is 0 Å². The summed E-state index contributed by atoms with van der Waals surface area (Å²) in [7, 11) is 0.0870. The van der Waals surface area contributed by atoms with Gasteiger partial charge in [-0.2, -0.15) is 5.10 Å². The predicted molar refractivity (Wildman–Crippen MR) is 126 cm³/mol. The van der Waals surface area contributed by atoms with Gasteiger partial charge in [0.05, 0.1) is 34.0 Å². The number of benzene rings is 2. The number of pyridine rings is 1. The molecular weight excluding hydrogens is 412 g/mol. The number of nitrogens with one attached hydrogen (secondary N) is 2. The van der Waals surface area contributed by atoms with E-state index in [0.717, 1.165) is 38.8 Å². The van der Waals surface area contributed by atoms with Crippen LogP contribution in [0.25, 0.3) is 21.8 Å². The molecule has 0 unspecified atom stereocenters. The van der Waals surface area contributed by atoms with E-state index in [1.165, 1.54) is 0 Å². The number of nitrogens with zero attached hydrogens (tertiary/aromatic N) is 2. The Hall–Kier alpha value is -3.13. The molecule has 0 bridgehead atoms. The fourth-order valence-electron chi connectivity index (χ4n) is 3.16. The fraction of sp³-hybridized carbons (Fsp3) is 0.304. The molecule has 31 heavy (non-hydrogen) atoms. The van der Waals surface area contributed by atoms with Crippen LogP contribution in [-0.2, 0) is 9.84 Å². The molecule has 2 aromatic heterocycles. The lowest BCUT2D eigenvalue weighted by atomic mass is 10.1. The van der Waals surface area contributed by atoms with Crippen molar-refractivity contribution in [1.82, 2.24) is 15.2 Å².